The molecule has 3 aromatic heterocycles. The van der Waals surface area contributed by atoms with Crippen LogP contribution in [0.5, 0.6) is 0 Å². The number of likely N-dealkylation sites (tertiary alicyclic amines) is 2. The lowest BCUT2D eigenvalue weighted by Crippen LogP contribution is -2.19. The average Bonchev–Trinajstić information content (AvgIpc) is 3.89. The van der Waals surface area contributed by atoms with Crippen molar-refractivity contribution in [2.75, 3.05) is 31.5 Å². The van der Waals surface area contributed by atoms with E-state index in [0.29, 0.717) is 52.4 Å². The van der Waals surface area contributed by atoms with Crippen molar-refractivity contribution in [3.05, 3.63) is 94.7 Å². The molecule has 0 radical (unpaired) electrons. The van der Waals surface area contributed by atoms with E-state index in [1.165, 1.54) is 6.07 Å². The van der Waals surface area contributed by atoms with Crippen molar-refractivity contribution in [2.24, 2.45) is 0 Å². The number of rotatable bonds is 9. The number of nitrogens with zero attached hydrogens (tertiary/aromatic N) is 6. The van der Waals surface area contributed by atoms with Crippen LogP contribution in [0.3, 0.4) is 0 Å². The van der Waals surface area contributed by atoms with Crippen LogP contribution in [0.2, 0.25) is 0 Å². The minimum absolute atomic E-state index is 0.228. The molecule has 0 amide bonds. The Labute approximate surface area is 288 Å². The first-order valence-electron chi connectivity index (χ1n) is 17.3. The van der Waals surface area contributed by atoms with Gasteiger partial charge < -0.3 is 9.73 Å². The number of pyridine rings is 1. The average molecular weight is 678 g/mol. The van der Waals surface area contributed by atoms with E-state index in [1.54, 1.807) is 12.3 Å². The molecule has 0 saturated carbocycles. The molecule has 2 fully saturated rings. The summed E-state index contributed by atoms with van der Waals surface area (Å²) in [6, 6.07) is 16.8. The first kappa shape index (κ1) is 32.3. The summed E-state index contributed by atoms with van der Waals surface area (Å²) in [5.41, 5.74) is 8.65. The largest absolute Gasteiger partial charge is 0.436 e. The van der Waals surface area contributed by atoms with E-state index in [0.717, 1.165) is 85.2 Å². The second-order valence-electron chi connectivity index (χ2n) is 13.4. The van der Waals surface area contributed by atoms with Gasteiger partial charge in [-0.05, 0) is 118 Å². The summed E-state index contributed by atoms with van der Waals surface area (Å²) in [5, 5.41) is 3.31. The minimum atomic E-state index is -2.83. The number of benzene rings is 3. The van der Waals surface area contributed by atoms with Crippen LogP contribution < -0.4 is 5.32 Å². The Kier molecular flexibility index (Phi) is 8.70. The molecule has 11 heteroatoms. The SMILES string of the molecule is Cc1c(Nc2nc(C(F)F)nc3cc(CN4CCCC4)cnc23)cccc1-c1cccc(-c2nc3cc(CN4CCCC4)c(F)cc3o2)c1C. The highest BCUT2D eigenvalue weighted by molar-refractivity contribution is 5.89. The number of alkyl halides is 2. The maximum absolute atomic E-state index is 15.1. The van der Waals surface area contributed by atoms with E-state index in [1.807, 2.05) is 56.3 Å². The molecule has 5 heterocycles. The topological polar surface area (TPSA) is 83.2 Å². The van der Waals surface area contributed by atoms with Crippen molar-refractivity contribution in [3.63, 3.8) is 0 Å². The van der Waals surface area contributed by atoms with E-state index in [2.05, 4.69) is 30.1 Å². The Morgan fingerprint density at radius 3 is 2.20 bits per heavy atom. The molecule has 3 aromatic carbocycles. The number of aromatic nitrogens is 4. The van der Waals surface area contributed by atoms with Crippen LogP contribution in [0.15, 0.2) is 65.2 Å². The Balaban J connectivity index is 1.11. The van der Waals surface area contributed by atoms with Gasteiger partial charge in [0.05, 0.1) is 5.52 Å². The lowest BCUT2D eigenvalue weighted by Gasteiger charge is -2.17. The summed E-state index contributed by atoms with van der Waals surface area (Å²) in [4.78, 5) is 22.4. The standard InChI is InChI=1S/C39H38F3N7O/c1-23-27(9-7-11-29(23)39-46-32-18-26(22-49-15-5-6-16-49)30(40)19-34(32)50-39)28-10-8-12-31(24(28)2)44-37-35-33(45-38(47-37)36(41)42)17-25(20-43-35)21-48-13-3-4-14-48/h7-12,17-20,36H,3-6,13-16,21-22H2,1-2H3,(H,44,45,47). The summed E-state index contributed by atoms with van der Waals surface area (Å²) in [5.74, 6) is -0.177. The van der Waals surface area contributed by atoms with Gasteiger partial charge in [-0.3, -0.25) is 14.8 Å². The Morgan fingerprint density at radius 1 is 0.780 bits per heavy atom. The normalized spacial score (nSPS) is 15.6. The van der Waals surface area contributed by atoms with Gasteiger partial charge in [-0.1, -0.05) is 24.3 Å². The zero-order valence-electron chi connectivity index (χ0n) is 28.1. The highest BCUT2D eigenvalue weighted by atomic mass is 19.3. The van der Waals surface area contributed by atoms with Gasteiger partial charge in [0.25, 0.3) is 6.43 Å². The molecule has 2 aliphatic rings. The van der Waals surface area contributed by atoms with E-state index >= 15 is 4.39 Å². The molecule has 6 aromatic rings. The number of nitrogens with one attached hydrogen (secondary N) is 1. The molecular formula is C39H38F3N7O. The van der Waals surface area contributed by atoms with Crippen LogP contribution in [0.1, 0.15) is 60.2 Å². The number of anilines is 2. The lowest BCUT2D eigenvalue weighted by molar-refractivity contribution is 0.141. The Hall–Kier alpha value is -4.87. The Morgan fingerprint density at radius 2 is 1.46 bits per heavy atom. The van der Waals surface area contributed by atoms with E-state index < -0.39 is 12.2 Å². The van der Waals surface area contributed by atoms with Crippen LogP contribution in [0.25, 0.3) is 44.7 Å². The molecule has 2 aliphatic heterocycles. The van der Waals surface area contributed by atoms with Crippen molar-refractivity contribution < 1.29 is 17.6 Å². The smallest absolute Gasteiger partial charge is 0.297 e. The van der Waals surface area contributed by atoms with Crippen LogP contribution in [0, 0.1) is 19.7 Å². The van der Waals surface area contributed by atoms with Crippen molar-refractivity contribution in [2.45, 2.75) is 59.0 Å². The van der Waals surface area contributed by atoms with Crippen molar-refractivity contribution >= 4 is 33.6 Å². The van der Waals surface area contributed by atoms with Crippen LogP contribution in [-0.2, 0) is 13.1 Å². The fourth-order valence-corrected chi connectivity index (χ4v) is 7.31. The van der Waals surface area contributed by atoms with E-state index in [4.69, 9.17) is 9.40 Å². The zero-order chi connectivity index (χ0) is 34.4. The number of hydrogen-bond acceptors (Lipinski definition) is 8. The maximum atomic E-state index is 15.1. The number of hydrogen-bond donors (Lipinski definition) is 1. The summed E-state index contributed by atoms with van der Waals surface area (Å²) in [6.45, 7) is 9.25. The number of oxazole rings is 1. The van der Waals surface area contributed by atoms with Crippen molar-refractivity contribution in [1.29, 1.82) is 0 Å². The van der Waals surface area contributed by atoms with Gasteiger partial charge in [0, 0.05) is 42.2 Å². The zero-order valence-corrected chi connectivity index (χ0v) is 28.1. The van der Waals surface area contributed by atoms with Gasteiger partial charge in [0.15, 0.2) is 17.2 Å². The second-order valence-corrected chi connectivity index (χ2v) is 13.4. The van der Waals surface area contributed by atoms with Gasteiger partial charge in [0.1, 0.15) is 16.9 Å². The van der Waals surface area contributed by atoms with Crippen molar-refractivity contribution in [1.82, 2.24) is 29.7 Å². The molecule has 8 nitrogen and oxygen atoms in total. The predicted molar refractivity (Wildman–Crippen MR) is 189 cm³/mol. The quantitative estimate of drug-likeness (QED) is 0.162. The highest BCUT2D eigenvalue weighted by Gasteiger charge is 2.21. The highest BCUT2D eigenvalue weighted by Crippen LogP contribution is 2.38. The van der Waals surface area contributed by atoms with Crippen LogP contribution in [0.4, 0.5) is 24.7 Å². The number of fused-ring (bicyclic) bond motifs is 2. The third kappa shape index (κ3) is 6.31. The third-order valence-corrected chi connectivity index (χ3v) is 10.0. The lowest BCUT2D eigenvalue weighted by atomic mass is 9.93. The first-order valence-corrected chi connectivity index (χ1v) is 17.3. The molecule has 0 unspecified atom stereocenters. The summed E-state index contributed by atoms with van der Waals surface area (Å²) >= 11 is 0. The summed E-state index contributed by atoms with van der Waals surface area (Å²) in [7, 11) is 0. The summed E-state index contributed by atoms with van der Waals surface area (Å²) in [6.07, 6.45) is 3.55. The summed E-state index contributed by atoms with van der Waals surface area (Å²) < 4.78 is 49.2. The molecule has 50 heavy (non-hydrogen) atoms. The molecule has 0 atom stereocenters. The number of halogens is 3. The molecule has 256 valence electrons. The molecule has 0 bridgehead atoms. The fourth-order valence-electron chi connectivity index (χ4n) is 7.31. The molecule has 0 spiro atoms. The van der Waals surface area contributed by atoms with Crippen molar-refractivity contribution in [3.8, 4) is 22.6 Å². The van der Waals surface area contributed by atoms with Gasteiger partial charge in [-0.15, -0.1) is 0 Å². The molecule has 2 saturated heterocycles. The second kappa shape index (κ2) is 13.4. The van der Waals surface area contributed by atoms with Gasteiger partial charge in [-0.25, -0.2) is 28.1 Å². The molecule has 1 N–H and O–H groups in total. The van der Waals surface area contributed by atoms with Crippen LogP contribution >= 0.6 is 0 Å². The Bertz CT molecular complexity index is 2210. The van der Waals surface area contributed by atoms with Gasteiger partial charge in [0.2, 0.25) is 5.89 Å². The molecule has 0 aliphatic carbocycles. The monoisotopic (exact) mass is 677 g/mol. The predicted octanol–water partition coefficient (Wildman–Crippen LogP) is 9.13. The van der Waals surface area contributed by atoms with E-state index in [9.17, 15) is 8.78 Å². The molecule has 8 rings (SSSR count). The van der Waals surface area contributed by atoms with Gasteiger partial charge in [-0.2, -0.15) is 0 Å². The third-order valence-electron chi connectivity index (χ3n) is 10.0. The van der Waals surface area contributed by atoms with E-state index in [-0.39, 0.29) is 11.6 Å². The van der Waals surface area contributed by atoms with Gasteiger partial charge >= 0.3 is 0 Å². The maximum Gasteiger partial charge on any atom is 0.297 e. The molecular weight excluding hydrogens is 639 g/mol. The van der Waals surface area contributed by atoms with Crippen LogP contribution in [-0.4, -0.2) is 55.9 Å². The fraction of sp³-hybridized carbons (Fsp3) is 0.333. The first-order chi connectivity index (χ1) is 24.3. The minimum Gasteiger partial charge on any atom is -0.436 e.